The van der Waals surface area contributed by atoms with Gasteiger partial charge >= 0.3 is 0 Å². The SMILES string of the molecule is CC(C)c1cccc2c1C(O)CCC2. The summed E-state index contributed by atoms with van der Waals surface area (Å²) in [6.07, 6.45) is 2.96. The first-order chi connectivity index (χ1) is 6.70. The fraction of sp³-hybridized carbons (Fsp3) is 0.538. The summed E-state index contributed by atoms with van der Waals surface area (Å²) in [6.45, 7) is 4.38. The summed E-state index contributed by atoms with van der Waals surface area (Å²) in [5, 5.41) is 9.99. The Bertz CT molecular complexity index is 328. The molecular formula is C13H18O. The molecule has 1 aliphatic rings. The van der Waals surface area contributed by atoms with E-state index in [4.69, 9.17) is 0 Å². The van der Waals surface area contributed by atoms with Gasteiger partial charge in [0.15, 0.2) is 0 Å². The van der Waals surface area contributed by atoms with Crippen molar-refractivity contribution in [2.45, 2.75) is 45.1 Å². The minimum absolute atomic E-state index is 0.225. The van der Waals surface area contributed by atoms with Crippen molar-refractivity contribution < 1.29 is 5.11 Å². The first-order valence-corrected chi connectivity index (χ1v) is 5.50. The van der Waals surface area contributed by atoms with E-state index in [0.29, 0.717) is 5.92 Å². The topological polar surface area (TPSA) is 20.2 Å². The number of benzene rings is 1. The number of fused-ring (bicyclic) bond motifs is 1. The largest absolute Gasteiger partial charge is 0.388 e. The zero-order valence-corrected chi connectivity index (χ0v) is 8.96. The molecular weight excluding hydrogens is 172 g/mol. The van der Waals surface area contributed by atoms with Gasteiger partial charge in [-0.05, 0) is 41.9 Å². The maximum absolute atomic E-state index is 9.99. The average Bonchev–Trinajstić information content (AvgIpc) is 2.17. The van der Waals surface area contributed by atoms with Crippen LogP contribution in [0.25, 0.3) is 0 Å². The molecule has 1 unspecified atom stereocenters. The Hall–Kier alpha value is -0.820. The number of rotatable bonds is 1. The van der Waals surface area contributed by atoms with Gasteiger partial charge < -0.3 is 5.11 Å². The molecule has 1 atom stereocenters. The second kappa shape index (κ2) is 3.74. The molecule has 76 valence electrons. The van der Waals surface area contributed by atoms with Crippen LogP contribution < -0.4 is 0 Å². The first kappa shape index (κ1) is 9.72. The number of hydrogen-bond acceptors (Lipinski definition) is 1. The van der Waals surface area contributed by atoms with E-state index in [1.165, 1.54) is 16.7 Å². The minimum Gasteiger partial charge on any atom is -0.388 e. The van der Waals surface area contributed by atoms with E-state index in [9.17, 15) is 5.11 Å². The molecule has 1 aromatic rings. The van der Waals surface area contributed by atoms with Gasteiger partial charge in [0, 0.05) is 0 Å². The molecule has 1 heteroatoms. The molecule has 14 heavy (non-hydrogen) atoms. The molecule has 0 amide bonds. The monoisotopic (exact) mass is 190 g/mol. The van der Waals surface area contributed by atoms with Gasteiger partial charge in [-0.15, -0.1) is 0 Å². The third-order valence-electron chi connectivity index (χ3n) is 3.11. The Morgan fingerprint density at radius 1 is 1.36 bits per heavy atom. The van der Waals surface area contributed by atoms with E-state index in [1.807, 2.05) is 0 Å². The third kappa shape index (κ3) is 1.57. The van der Waals surface area contributed by atoms with Crippen molar-refractivity contribution in [1.82, 2.24) is 0 Å². The van der Waals surface area contributed by atoms with Gasteiger partial charge in [0.1, 0.15) is 0 Å². The van der Waals surface area contributed by atoms with Crippen LogP contribution in [0.1, 0.15) is 55.4 Å². The average molecular weight is 190 g/mol. The molecule has 1 nitrogen and oxygen atoms in total. The van der Waals surface area contributed by atoms with Crippen molar-refractivity contribution in [2.75, 3.05) is 0 Å². The normalized spacial score (nSPS) is 21.0. The zero-order valence-electron chi connectivity index (χ0n) is 8.96. The molecule has 0 fully saturated rings. The lowest BCUT2D eigenvalue weighted by molar-refractivity contribution is 0.155. The number of aryl methyl sites for hydroxylation is 1. The predicted molar refractivity (Wildman–Crippen MR) is 58.4 cm³/mol. The van der Waals surface area contributed by atoms with Crippen molar-refractivity contribution in [3.8, 4) is 0 Å². The summed E-state index contributed by atoms with van der Waals surface area (Å²) in [5.74, 6) is 0.512. The van der Waals surface area contributed by atoms with E-state index in [0.717, 1.165) is 19.3 Å². The lowest BCUT2D eigenvalue weighted by atomic mass is 9.83. The molecule has 0 aliphatic heterocycles. The third-order valence-corrected chi connectivity index (χ3v) is 3.11. The van der Waals surface area contributed by atoms with Gasteiger partial charge in [0.05, 0.1) is 6.10 Å². The molecule has 1 aliphatic carbocycles. The minimum atomic E-state index is -0.225. The number of aliphatic hydroxyl groups is 1. The van der Waals surface area contributed by atoms with Crippen molar-refractivity contribution >= 4 is 0 Å². The van der Waals surface area contributed by atoms with E-state index in [1.54, 1.807) is 0 Å². The van der Waals surface area contributed by atoms with Gasteiger partial charge in [-0.3, -0.25) is 0 Å². The fourth-order valence-corrected chi connectivity index (χ4v) is 2.39. The molecule has 0 radical (unpaired) electrons. The van der Waals surface area contributed by atoms with Crippen LogP contribution in [0.15, 0.2) is 18.2 Å². The number of aliphatic hydroxyl groups excluding tert-OH is 1. The van der Waals surface area contributed by atoms with E-state index < -0.39 is 0 Å². The molecule has 0 spiro atoms. The van der Waals surface area contributed by atoms with Crippen LogP contribution in [0, 0.1) is 0 Å². The summed E-state index contributed by atoms with van der Waals surface area (Å²) in [7, 11) is 0. The molecule has 2 rings (SSSR count). The summed E-state index contributed by atoms with van der Waals surface area (Å²) < 4.78 is 0. The second-order valence-corrected chi connectivity index (χ2v) is 4.48. The lowest BCUT2D eigenvalue weighted by Crippen LogP contribution is -2.12. The first-order valence-electron chi connectivity index (χ1n) is 5.50. The zero-order chi connectivity index (χ0) is 10.1. The highest BCUT2D eigenvalue weighted by Gasteiger charge is 2.21. The van der Waals surface area contributed by atoms with Gasteiger partial charge in [-0.1, -0.05) is 32.0 Å². The maximum Gasteiger partial charge on any atom is 0.0795 e. The molecule has 1 N–H and O–H groups in total. The molecule has 0 saturated heterocycles. The smallest absolute Gasteiger partial charge is 0.0795 e. The lowest BCUT2D eigenvalue weighted by Gasteiger charge is -2.25. The van der Waals surface area contributed by atoms with Crippen LogP contribution in [-0.4, -0.2) is 5.11 Å². The highest BCUT2D eigenvalue weighted by molar-refractivity contribution is 5.40. The number of hydrogen-bond donors (Lipinski definition) is 1. The van der Waals surface area contributed by atoms with Gasteiger partial charge in [-0.25, -0.2) is 0 Å². The Morgan fingerprint density at radius 2 is 2.14 bits per heavy atom. The Labute approximate surface area is 85.8 Å². The Kier molecular flexibility index (Phi) is 2.60. The highest BCUT2D eigenvalue weighted by Crippen LogP contribution is 2.35. The van der Waals surface area contributed by atoms with Crippen molar-refractivity contribution in [3.05, 3.63) is 34.9 Å². The van der Waals surface area contributed by atoms with E-state index in [-0.39, 0.29) is 6.10 Å². The second-order valence-electron chi connectivity index (χ2n) is 4.48. The molecule has 1 aromatic carbocycles. The van der Waals surface area contributed by atoms with Crippen molar-refractivity contribution in [2.24, 2.45) is 0 Å². The quantitative estimate of drug-likeness (QED) is 0.721. The van der Waals surface area contributed by atoms with Gasteiger partial charge in [-0.2, -0.15) is 0 Å². The summed E-state index contributed by atoms with van der Waals surface area (Å²) >= 11 is 0. The van der Waals surface area contributed by atoms with Crippen molar-refractivity contribution in [3.63, 3.8) is 0 Å². The molecule has 0 heterocycles. The van der Waals surface area contributed by atoms with Crippen LogP contribution in [0.2, 0.25) is 0 Å². The summed E-state index contributed by atoms with van der Waals surface area (Å²) in [5.41, 5.74) is 3.90. The summed E-state index contributed by atoms with van der Waals surface area (Å²) in [4.78, 5) is 0. The van der Waals surface area contributed by atoms with E-state index >= 15 is 0 Å². The summed E-state index contributed by atoms with van der Waals surface area (Å²) in [6, 6.07) is 6.42. The predicted octanol–water partition coefficient (Wildman–Crippen LogP) is 3.18. The maximum atomic E-state index is 9.99. The molecule has 0 saturated carbocycles. The van der Waals surface area contributed by atoms with Gasteiger partial charge in [0.25, 0.3) is 0 Å². The van der Waals surface area contributed by atoms with Crippen molar-refractivity contribution in [1.29, 1.82) is 0 Å². The highest BCUT2D eigenvalue weighted by atomic mass is 16.3. The molecule has 0 bridgehead atoms. The van der Waals surface area contributed by atoms with E-state index in [2.05, 4.69) is 32.0 Å². The standard InChI is InChI=1S/C13H18O/c1-9(2)11-7-3-5-10-6-4-8-12(14)13(10)11/h3,5,7,9,12,14H,4,6,8H2,1-2H3. The Balaban J connectivity index is 2.52. The van der Waals surface area contributed by atoms with Crippen LogP contribution in [-0.2, 0) is 6.42 Å². The fourth-order valence-electron chi connectivity index (χ4n) is 2.39. The molecule has 0 aromatic heterocycles. The van der Waals surface area contributed by atoms with Crippen LogP contribution >= 0.6 is 0 Å². The van der Waals surface area contributed by atoms with Crippen LogP contribution in [0.5, 0.6) is 0 Å². The Morgan fingerprint density at radius 3 is 2.86 bits per heavy atom. The van der Waals surface area contributed by atoms with Crippen LogP contribution in [0.4, 0.5) is 0 Å². The van der Waals surface area contributed by atoms with Gasteiger partial charge in [0.2, 0.25) is 0 Å². The van der Waals surface area contributed by atoms with Crippen LogP contribution in [0.3, 0.4) is 0 Å².